The first kappa shape index (κ1) is 11.2. The second-order valence-corrected chi connectivity index (χ2v) is 4.14. The van der Waals surface area contributed by atoms with Gasteiger partial charge in [-0.25, -0.2) is 0 Å². The van der Waals surface area contributed by atoms with Crippen LogP contribution >= 0.6 is 0 Å². The molecule has 0 aliphatic carbocycles. The number of anilines is 2. The van der Waals surface area contributed by atoms with Crippen LogP contribution in [0.5, 0.6) is 0 Å². The molecule has 3 aromatic rings. The monoisotopic (exact) mass is 252 g/mol. The highest BCUT2D eigenvalue weighted by atomic mass is 15.5. The molecular formula is C13H12N6. The highest BCUT2D eigenvalue weighted by Gasteiger charge is 2.11. The molecule has 6 nitrogen and oxygen atoms in total. The average molecular weight is 252 g/mol. The SMILES string of the molecule is Nc1cc(N)cc(-c2nnnn2-c2ccccc2)c1. The van der Waals surface area contributed by atoms with Crippen molar-refractivity contribution in [3.63, 3.8) is 0 Å². The summed E-state index contributed by atoms with van der Waals surface area (Å²) in [5.74, 6) is 0.602. The zero-order valence-corrected chi connectivity index (χ0v) is 10.1. The maximum Gasteiger partial charge on any atom is 0.187 e. The molecule has 0 aliphatic rings. The van der Waals surface area contributed by atoms with Crippen LogP contribution in [0.2, 0.25) is 0 Å². The Kier molecular flexibility index (Phi) is 2.60. The standard InChI is InChI=1S/C13H12N6/c14-10-6-9(7-11(15)8-10)13-16-17-18-19(13)12-4-2-1-3-5-12/h1-8H,14-15H2. The topological polar surface area (TPSA) is 95.6 Å². The predicted octanol–water partition coefficient (Wildman–Crippen LogP) is 1.49. The number of nitrogens with two attached hydrogens (primary N) is 2. The predicted molar refractivity (Wildman–Crippen MR) is 73.4 cm³/mol. The van der Waals surface area contributed by atoms with Gasteiger partial charge in [-0.3, -0.25) is 0 Å². The van der Waals surface area contributed by atoms with Crippen LogP contribution in [-0.2, 0) is 0 Å². The van der Waals surface area contributed by atoms with Crippen molar-refractivity contribution in [2.75, 3.05) is 11.5 Å². The van der Waals surface area contributed by atoms with E-state index in [9.17, 15) is 0 Å². The zero-order chi connectivity index (χ0) is 13.2. The van der Waals surface area contributed by atoms with E-state index >= 15 is 0 Å². The Morgan fingerprint density at radius 2 is 1.58 bits per heavy atom. The molecule has 1 aromatic heterocycles. The summed E-state index contributed by atoms with van der Waals surface area (Å²) in [6.07, 6.45) is 0. The molecule has 2 aromatic carbocycles. The molecule has 0 saturated carbocycles. The van der Waals surface area contributed by atoms with E-state index in [0.717, 1.165) is 11.3 Å². The van der Waals surface area contributed by atoms with Crippen molar-refractivity contribution >= 4 is 11.4 Å². The van der Waals surface area contributed by atoms with Gasteiger partial charge in [-0.2, -0.15) is 4.68 Å². The fraction of sp³-hybridized carbons (Fsp3) is 0. The summed E-state index contributed by atoms with van der Waals surface area (Å²) in [5, 5.41) is 11.7. The van der Waals surface area contributed by atoms with Crippen LogP contribution in [0.15, 0.2) is 48.5 Å². The summed E-state index contributed by atoms with van der Waals surface area (Å²) < 4.78 is 1.65. The fourth-order valence-corrected chi connectivity index (χ4v) is 1.92. The number of hydrogen-bond acceptors (Lipinski definition) is 5. The fourth-order valence-electron chi connectivity index (χ4n) is 1.92. The van der Waals surface area contributed by atoms with E-state index in [1.165, 1.54) is 0 Å². The number of benzene rings is 2. The maximum atomic E-state index is 5.80. The quantitative estimate of drug-likeness (QED) is 0.674. The Morgan fingerprint density at radius 3 is 2.26 bits per heavy atom. The first-order valence-electron chi connectivity index (χ1n) is 5.74. The molecule has 19 heavy (non-hydrogen) atoms. The van der Waals surface area contributed by atoms with Crippen molar-refractivity contribution in [1.82, 2.24) is 20.2 Å². The van der Waals surface area contributed by atoms with Gasteiger partial charge in [0.1, 0.15) is 0 Å². The summed E-state index contributed by atoms with van der Waals surface area (Å²) in [5.41, 5.74) is 14.4. The lowest BCUT2D eigenvalue weighted by Crippen LogP contribution is -2.00. The van der Waals surface area contributed by atoms with Crippen molar-refractivity contribution in [1.29, 1.82) is 0 Å². The van der Waals surface area contributed by atoms with Gasteiger partial charge in [0, 0.05) is 16.9 Å². The highest BCUT2D eigenvalue weighted by Crippen LogP contribution is 2.24. The van der Waals surface area contributed by atoms with Crippen LogP contribution in [0.25, 0.3) is 17.1 Å². The third-order valence-corrected chi connectivity index (χ3v) is 2.71. The summed E-state index contributed by atoms with van der Waals surface area (Å²) in [6.45, 7) is 0. The Balaban J connectivity index is 2.15. The lowest BCUT2D eigenvalue weighted by Gasteiger charge is -2.06. The average Bonchev–Trinajstić information content (AvgIpc) is 2.88. The van der Waals surface area contributed by atoms with Gasteiger partial charge in [0.2, 0.25) is 0 Å². The number of nitrogens with zero attached hydrogens (tertiary/aromatic N) is 4. The molecule has 0 aliphatic heterocycles. The van der Waals surface area contributed by atoms with E-state index in [-0.39, 0.29) is 0 Å². The maximum absolute atomic E-state index is 5.80. The lowest BCUT2D eigenvalue weighted by molar-refractivity contribution is 0.791. The van der Waals surface area contributed by atoms with E-state index in [1.807, 2.05) is 30.3 Å². The zero-order valence-electron chi connectivity index (χ0n) is 10.1. The van der Waals surface area contributed by atoms with Crippen molar-refractivity contribution in [3.05, 3.63) is 48.5 Å². The molecule has 0 fully saturated rings. The van der Waals surface area contributed by atoms with Gasteiger partial charge < -0.3 is 11.5 Å². The minimum Gasteiger partial charge on any atom is -0.399 e. The number of hydrogen-bond donors (Lipinski definition) is 2. The largest absolute Gasteiger partial charge is 0.399 e. The van der Waals surface area contributed by atoms with Gasteiger partial charge in [0.15, 0.2) is 5.82 Å². The minimum atomic E-state index is 0.581. The molecule has 0 radical (unpaired) electrons. The van der Waals surface area contributed by atoms with Gasteiger partial charge in [-0.1, -0.05) is 18.2 Å². The summed E-state index contributed by atoms with van der Waals surface area (Å²) >= 11 is 0. The van der Waals surface area contributed by atoms with E-state index in [4.69, 9.17) is 11.5 Å². The first-order valence-corrected chi connectivity index (χ1v) is 5.74. The van der Waals surface area contributed by atoms with Gasteiger partial charge >= 0.3 is 0 Å². The molecule has 0 bridgehead atoms. The first-order chi connectivity index (χ1) is 9.24. The number of rotatable bonds is 2. The Bertz CT molecular complexity index is 684. The van der Waals surface area contributed by atoms with Gasteiger partial charge in [-0.15, -0.1) is 5.10 Å². The summed E-state index contributed by atoms with van der Waals surface area (Å²) in [7, 11) is 0. The number of tetrazole rings is 1. The lowest BCUT2D eigenvalue weighted by atomic mass is 10.1. The van der Waals surface area contributed by atoms with Crippen molar-refractivity contribution < 1.29 is 0 Å². The van der Waals surface area contributed by atoms with E-state index < -0.39 is 0 Å². The van der Waals surface area contributed by atoms with Gasteiger partial charge in [0.25, 0.3) is 0 Å². The molecule has 0 amide bonds. The second-order valence-electron chi connectivity index (χ2n) is 4.14. The summed E-state index contributed by atoms with van der Waals surface area (Å²) in [4.78, 5) is 0. The van der Waals surface area contributed by atoms with Gasteiger partial charge in [0.05, 0.1) is 5.69 Å². The van der Waals surface area contributed by atoms with Crippen molar-refractivity contribution in [2.45, 2.75) is 0 Å². The smallest absolute Gasteiger partial charge is 0.187 e. The third kappa shape index (κ3) is 2.11. The number of nitrogen functional groups attached to an aromatic ring is 2. The molecular weight excluding hydrogens is 240 g/mol. The Labute approximate surface area is 109 Å². The summed E-state index contributed by atoms with van der Waals surface area (Å²) in [6, 6.07) is 14.9. The third-order valence-electron chi connectivity index (χ3n) is 2.71. The second kappa shape index (κ2) is 4.41. The molecule has 6 heteroatoms. The molecule has 4 N–H and O–H groups in total. The molecule has 3 rings (SSSR count). The number of para-hydroxylation sites is 1. The normalized spacial score (nSPS) is 10.5. The van der Waals surface area contributed by atoms with Crippen molar-refractivity contribution in [2.24, 2.45) is 0 Å². The molecule has 0 unspecified atom stereocenters. The Morgan fingerprint density at radius 1 is 0.895 bits per heavy atom. The van der Waals surface area contributed by atoms with Crippen LogP contribution < -0.4 is 11.5 Å². The van der Waals surface area contributed by atoms with Crippen molar-refractivity contribution in [3.8, 4) is 17.1 Å². The molecule has 94 valence electrons. The van der Waals surface area contributed by atoms with Crippen LogP contribution in [0.3, 0.4) is 0 Å². The Hall–Kier alpha value is -2.89. The molecule has 0 spiro atoms. The van der Waals surface area contributed by atoms with E-state index in [2.05, 4.69) is 15.5 Å². The van der Waals surface area contributed by atoms with Crippen LogP contribution in [-0.4, -0.2) is 20.2 Å². The van der Waals surface area contributed by atoms with Crippen LogP contribution in [0.4, 0.5) is 11.4 Å². The highest BCUT2D eigenvalue weighted by molar-refractivity contribution is 5.68. The molecule has 0 saturated heterocycles. The van der Waals surface area contributed by atoms with E-state index in [1.54, 1.807) is 22.9 Å². The van der Waals surface area contributed by atoms with Crippen LogP contribution in [0.1, 0.15) is 0 Å². The van der Waals surface area contributed by atoms with Crippen LogP contribution in [0, 0.1) is 0 Å². The molecule has 0 atom stereocenters. The van der Waals surface area contributed by atoms with Gasteiger partial charge in [-0.05, 0) is 40.8 Å². The molecule has 1 heterocycles. The number of aromatic nitrogens is 4. The minimum absolute atomic E-state index is 0.581. The van der Waals surface area contributed by atoms with E-state index in [0.29, 0.717) is 17.2 Å².